The number of anilines is 1. The summed E-state index contributed by atoms with van der Waals surface area (Å²) in [6.45, 7) is 0. The lowest BCUT2D eigenvalue weighted by Gasteiger charge is -2.03. The lowest BCUT2D eigenvalue weighted by molar-refractivity contribution is 0.0997. The normalized spacial score (nSPS) is 10.5. The summed E-state index contributed by atoms with van der Waals surface area (Å²) in [7, 11) is 0. The zero-order valence-corrected chi connectivity index (χ0v) is 12.7. The molecule has 4 nitrogen and oxygen atoms in total. The Morgan fingerprint density at radius 1 is 1.05 bits per heavy atom. The summed E-state index contributed by atoms with van der Waals surface area (Å²) >= 11 is 12.1. The fraction of sp³-hybridized carbons (Fsp3) is 0. The molecule has 0 aliphatic rings. The third kappa shape index (κ3) is 2.98. The summed E-state index contributed by atoms with van der Waals surface area (Å²) in [6.07, 6.45) is 1.59. The summed E-state index contributed by atoms with van der Waals surface area (Å²) in [4.78, 5) is 16.1. The van der Waals surface area contributed by atoms with E-state index >= 15 is 0 Å². The Balaban J connectivity index is 1.85. The van der Waals surface area contributed by atoms with Crippen LogP contribution >= 0.6 is 23.2 Å². The third-order valence-corrected chi connectivity index (χ3v) is 3.77. The average Bonchev–Trinajstić information content (AvgIpc) is 3.01. The highest BCUT2D eigenvalue weighted by Gasteiger charge is 2.15. The van der Waals surface area contributed by atoms with Gasteiger partial charge in [-0.2, -0.15) is 0 Å². The highest BCUT2D eigenvalue weighted by Crippen LogP contribution is 2.34. The number of halogens is 2. The minimum atomic E-state index is -0.386. The Kier molecular flexibility index (Phi) is 4.13. The molecule has 2 heterocycles. The fourth-order valence-corrected chi connectivity index (χ4v) is 2.31. The van der Waals surface area contributed by atoms with Crippen molar-refractivity contribution in [2.24, 2.45) is 0 Å². The first kappa shape index (κ1) is 14.6. The summed E-state index contributed by atoms with van der Waals surface area (Å²) < 4.78 is 5.56. The number of furan rings is 1. The molecule has 0 radical (unpaired) electrons. The average molecular weight is 333 g/mol. The van der Waals surface area contributed by atoms with Gasteiger partial charge in [-0.25, -0.2) is 4.98 Å². The SMILES string of the molecule is O=C(Nc1ccccn1)c1ccc(-c2cccc(Cl)c2Cl)o1. The Labute approximate surface area is 136 Å². The topological polar surface area (TPSA) is 55.1 Å². The van der Waals surface area contributed by atoms with Gasteiger partial charge in [-0.3, -0.25) is 4.79 Å². The maximum atomic E-state index is 12.1. The molecule has 3 rings (SSSR count). The highest BCUT2D eigenvalue weighted by atomic mass is 35.5. The van der Waals surface area contributed by atoms with Gasteiger partial charge in [-0.15, -0.1) is 0 Å². The molecule has 0 bridgehead atoms. The van der Waals surface area contributed by atoms with Crippen molar-refractivity contribution < 1.29 is 9.21 Å². The second kappa shape index (κ2) is 6.22. The van der Waals surface area contributed by atoms with Gasteiger partial charge >= 0.3 is 0 Å². The van der Waals surface area contributed by atoms with Crippen molar-refractivity contribution in [2.75, 3.05) is 5.32 Å². The third-order valence-electron chi connectivity index (χ3n) is 2.95. The van der Waals surface area contributed by atoms with Crippen LogP contribution < -0.4 is 5.32 Å². The molecule has 3 aromatic rings. The Morgan fingerprint density at radius 3 is 2.68 bits per heavy atom. The molecule has 110 valence electrons. The van der Waals surface area contributed by atoms with Crippen LogP contribution in [0.3, 0.4) is 0 Å². The zero-order valence-electron chi connectivity index (χ0n) is 11.2. The van der Waals surface area contributed by atoms with Gasteiger partial charge in [-0.1, -0.05) is 35.3 Å². The van der Waals surface area contributed by atoms with Gasteiger partial charge in [0.1, 0.15) is 11.6 Å². The maximum Gasteiger partial charge on any atom is 0.292 e. The predicted octanol–water partition coefficient (Wildman–Crippen LogP) is 4.90. The minimum Gasteiger partial charge on any atom is -0.451 e. The van der Waals surface area contributed by atoms with Gasteiger partial charge in [-0.05, 0) is 36.4 Å². The summed E-state index contributed by atoms with van der Waals surface area (Å²) in [5, 5.41) is 3.46. The van der Waals surface area contributed by atoms with Crippen molar-refractivity contribution in [2.45, 2.75) is 0 Å². The first-order valence-electron chi connectivity index (χ1n) is 6.42. The first-order chi connectivity index (χ1) is 10.6. The van der Waals surface area contributed by atoms with E-state index in [1.54, 1.807) is 54.7 Å². The highest BCUT2D eigenvalue weighted by molar-refractivity contribution is 6.43. The summed E-state index contributed by atoms with van der Waals surface area (Å²) in [5.74, 6) is 0.699. The Bertz CT molecular complexity index is 816. The number of hydrogen-bond acceptors (Lipinski definition) is 3. The van der Waals surface area contributed by atoms with Gasteiger partial charge in [0.2, 0.25) is 0 Å². The van der Waals surface area contributed by atoms with Gasteiger partial charge in [0.15, 0.2) is 5.76 Å². The van der Waals surface area contributed by atoms with Gasteiger partial charge in [0.25, 0.3) is 5.91 Å². The number of amides is 1. The van der Waals surface area contributed by atoms with Crippen LogP contribution in [0.2, 0.25) is 10.0 Å². The van der Waals surface area contributed by atoms with Crippen LogP contribution in [0.25, 0.3) is 11.3 Å². The fourth-order valence-electron chi connectivity index (χ4n) is 1.91. The van der Waals surface area contributed by atoms with E-state index < -0.39 is 0 Å². The van der Waals surface area contributed by atoms with Crippen molar-refractivity contribution >= 4 is 34.9 Å². The lowest BCUT2D eigenvalue weighted by atomic mass is 10.2. The van der Waals surface area contributed by atoms with Gasteiger partial charge < -0.3 is 9.73 Å². The van der Waals surface area contributed by atoms with Crippen LogP contribution in [-0.2, 0) is 0 Å². The second-order valence-electron chi connectivity index (χ2n) is 4.43. The van der Waals surface area contributed by atoms with Crippen LogP contribution in [0.15, 0.2) is 59.1 Å². The van der Waals surface area contributed by atoms with E-state index in [9.17, 15) is 4.79 Å². The van der Waals surface area contributed by atoms with E-state index in [2.05, 4.69) is 10.3 Å². The second-order valence-corrected chi connectivity index (χ2v) is 5.22. The number of rotatable bonds is 3. The lowest BCUT2D eigenvalue weighted by Crippen LogP contribution is -2.11. The number of nitrogens with zero attached hydrogens (tertiary/aromatic N) is 1. The number of hydrogen-bond donors (Lipinski definition) is 1. The monoisotopic (exact) mass is 332 g/mol. The van der Waals surface area contributed by atoms with E-state index in [0.717, 1.165) is 0 Å². The maximum absolute atomic E-state index is 12.1. The van der Waals surface area contributed by atoms with E-state index in [-0.39, 0.29) is 11.7 Å². The van der Waals surface area contributed by atoms with Crippen LogP contribution in [0.4, 0.5) is 5.82 Å². The molecular formula is C16H10Cl2N2O2. The van der Waals surface area contributed by atoms with Crippen LogP contribution in [-0.4, -0.2) is 10.9 Å². The molecule has 1 amide bonds. The van der Waals surface area contributed by atoms with Crippen molar-refractivity contribution in [1.82, 2.24) is 4.98 Å². The van der Waals surface area contributed by atoms with Crippen molar-refractivity contribution in [1.29, 1.82) is 0 Å². The molecule has 6 heteroatoms. The molecule has 0 fully saturated rings. The smallest absolute Gasteiger partial charge is 0.292 e. The number of pyridine rings is 1. The quantitative estimate of drug-likeness (QED) is 0.742. The molecule has 0 atom stereocenters. The van der Waals surface area contributed by atoms with E-state index in [0.29, 0.717) is 27.2 Å². The molecule has 0 saturated carbocycles. The van der Waals surface area contributed by atoms with E-state index in [4.69, 9.17) is 27.6 Å². The molecule has 0 aliphatic carbocycles. The molecule has 0 spiro atoms. The van der Waals surface area contributed by atoms with Gasteiger partial charge in [0, 0.05) is 11.8 Å². The molecule has 2 aromatic heterocycles. The minimum absolute atomic E-state index is 0.164. The predicted molar refractivity (Wildman–Crippen MR) is 86.4 cm³/mol. The molecule has 0 saturated heterocycles. The first-order valence-corrected chi connectivity index (χ1v) is 7.17. The molecule has 0 unspecified atom stereocenters. The van der Waals surface area contributed by atoms with Crippen molar-refractivity contribution in [3.05, 3.63) is 70.5 Å². The molecule has 1 aromatic carbocycles. The molecule has 1 N–H and O–H groups in total. The summed E-state index contributed by atoms with van der Waals surface area (Å²) in [6, 6.07) is 13.7. The van der Waals surface area contributed by atoms with Crippen LogP contribution in [0, 0.1) is 0 Å². The molecule has 0 aliphatic heterocycles. The van der Waals surface area contributed by atoms with Crippen LogP contribution in [0.1, 0.15) is 10.6 Å². The van der Waals surface area contributed by atoms with Crippen LogP contribution in [0.5, 0.6) is 0 Å². The van der Waals surface area contributed by atoms with E-state index in [1.807, 2.05) is 0 Å². The van der Waals surface area contributed by atoms with Crippen molar-refractivity contribution in [3.8, 4) is 11.3 Å². The largest absolute Gasteiger partial charge is 0.451 e. The number of nitrogens with one attached hydrogen (secondary N) is 1. The number of carbonyl (C=O) groups is 1. The zero-order chi connectivity index (χ0) is 15.5. The standard InChI is InChI=1S/C16H10Cl2N2O2/c17-11-5-3-4-10(15(11)18)12-7-8-13(22-12)16(21)20-14-6-1-2-9-19-14/h1-9H,(H,19,20,21). The van der Waals surface area contributed by atoms with Gasteiger partial charge in [0.05, 0.1) is 10.0 Å². The van der Waals surface area contributed by atoms with E-state index in [1.165, 1.54) is 0 Å². The number of carbonyl (C=O) groups excluding carboxylic acids is 1. The Morgan fingerprint density at radius 2 is 1.91 bits per heavy atom. The molecular weight excluding hydrogens is 323 g/mol. The molecule has 22 heavy (non-hydrogen) atoms. The van der Waals surface area contributed by atoms with Crippen molar-refractivity contribution in [3.63, 3.8) is 0 Å². The summed E-state index contributed by atoms with van der Waals surface area (Å²) in [5.41, 5.74) is 0.631. The Hall–Kier alpha value is -2.30. The number of benzene rings is 1. The number of aromatic nitrogens is 1.